The molecule has 4 heteroatoms. The number of phenols is 1. The third-order valence-corrected chi connectivity index (χ3v) is 4.05. The molecule has 0 saturated heterocycles. The molecule has 0 fully saturated rings. The van der Waals surface area contributed by atoms with Gasteiger partial charge in [-0.1, -0.05) is 64.5 Å². The fourth-order valence-electron chi connectivity index (χ4n) is 2.32. The molecule has 0 amide bonds. The number of halogens is 1. The molecule has 0 aliphatic rings. The maximum atomic E-state index is 9.98. The number of rotatable bonds is 5. The van der Waals surface area contributed by atoms with E-state index in [0.29, 0.717) is 12.1 Å². The van der Waals surface area contributed by atoms with E-state index in [1.54, 1.807) is 18.3 Å². The van der Waals surface area contributed by atoms with Gasteiger partial charge in [0.05, 0.1) is 18.4 Å². The number of anilines is 1. The second kappa shape index (κ2) is 7.79. The van der Waals surface area contributed by atoms with E-state index >= 15 is 0 Å². The minimum Gasteiger partial charge on any atom is -0.507 e. The predicted molar refractivity (Wildman–Crippen MR) is 102 cm³/mol. The smallest absolute Gasteiger partial charge is 0.124 e. The lowest BCUT2D eigenvalue weighted by Crippen LogP contribution is -2.16. The van der Waals surface area contributed by atoms with Crippen LogP contribution in [0.1, 0.15) is 11.1 Å². The average molecular weight is 381 g/mol. The van der Waals surface area contributed by atoms with Crippen molar-refractivity contribution in [3.63, 3.8) is 0 Å². The van der Waals surface area contributed by atoms with Gasteiger partial charge in [-0.2, -0.15) is 5.10 Å². The molecular weight excluding hydrogens is 364 g/mol. The maximum Gasteiger partial charge on any atom is 0.124 e. The molecule has 0 atom stereocenters. The lowest BCUT2D eigenvalue weighted by Gasteiger charge is -2.19. The Hall–Kier alpha value is -2.59. The zero-order chi connectivity index (χ0) is 16.8. The summed E-state index contributed by atoms with van der Waals surface area (Å²) < 4.78 is 0.899. The number of hydrogen-bond acceptors (Lipinski definition) is 3. The molecule has 0 heterocycles. The minimum atomic E-state index is 0.203. The molecule has 0 radical (unpaired) electrons. The zero-order valence-corrected chi connectivity index (χ0v) is 14.6. The zero-order valence-electron chi connectivity index (χ0n) is 13.0. The van der Waals surface area contributed by atoms with Crippen LogP contribution in [-0.4, -0.2) is 11.3 Å². The third-order valence-electron chi connectivity index (χ3n) is 3.56. The van der Waals surface area contributed by atoms with Gasteiger partial charge in [0.15, 0.2) is 0 Å². The number of benzene rings is 3. The quantitative estimate of drug-likeness (QED) is 0.487. The molecular formula is C20H17BrN2O. The van der Waals surface area contributed by atoms with E-state index in [1.165, 1.54) is 0 Å². The second-order valence-electron chi connectivity index (χ2n) is 5.33. The van der Waals surface area contributed by atoms with E-state index in [1.807, 2.05) is 59.6 Å². The fourth-order valence-corrected chi connectivity index (χ4v) is 2.69. The standard InChI is InChI=1S/C20H17BrN2O/c21-18-11-12-20(24)17(13-18)14-22-23(19-9-5-2-6-10-19)15-16-7-3-1-4-8-16/h1-14,24H,15H2/b22-14-. The van der Waals surface area contributed by atoms with Crippen LogP contribution in [0, 0.1) is 0 Å². The van der Waals surface area contributed by atoms with E-state index in [4.69, 9.17) is 0 Å². The maximum absolute atomic E-state index is 9.98. The van der Waals surface area contributed by atoms with E-state index in [-0.39, 0.29) is 5.75 Å². The molecule has 0 aliphatic heterocycles. The highest BCUT2D eigenvalue weighted by Gasteiger charge is 2.06. The molecule has 3 nitrogen and oxygen atoms in total. The van der Waals surface area contributed by atoms with Gasteiger partial charge in [-0.25, -0.2) is 0 Å². The lowest BCUT2D eigenvalue weighted by molar-refractivity contribution is 0.474. The van der Waals surface area contributed by atoms with Gasteiger partial charge >= 0.3 is 0 Å². The van der Waals surface area contributed by atoms with Crippen molar-refractivity contribution in [1.82, 2.24) is 0 Å². The summed E-state index contributed by atoms with van der Waals surface area (Å²) in [6.45, 7) is 0.649. The summed E-state index contributed by atoms with van der Waals surface area (Å²) in [7, 11) is 0. The van der Waals surface area contributed by atoms with Crippen LogP contribution in [0.3, 0.4) is 0 Å². The van der Waals surface area contributed by atoms with Gasteiger partial charge in [-0.3, -0.25) is 5.01 Å². The summed E-state index contributed by atoms with van der Waals surface area (Å²) in [4.78, 5) is 0. The number of nitrogens with zero attached hydrogens (tertiary/aromatic N) is 2. The molecule has 120 valence electrons. The molecule has 3 aromatic rings. The molecule has 1 N–H and O–H groups in total. The first kappa shape index (κ1) is 16.3. The molecule has 0 unspecified atom stereocenters. The predicted octanol–water partition coefficient (Wildman–Crippen LogP) is 5.20. The summed E-state index contributed by atoms with van der Waals surface area (Å²) in [6, 6.07) is 25.4. The molecule has 0 aliphatic carbocycles. The van der Waals surface area contributed by atoms with Crippen molar-refractivity contribution in [2.75, 3.05) is 5.01 Å². The molecule has 24 heavy (non-hydrogen) atoms. The first-order valence-corrected chi connectivity index (χ1v) is 8.41. The van der Waals surface area contributed by atoms with Crippen LogP contribution < -0.4 is 5.01 Å². The van der Waals surface area contributed by atoms with E-state index in [2.05, 4.69) is 33.2 Å². The monoisotopic (exact) mass is 380 g/mol. The first-order valence-electron chi connectivity index (χ1n) is 7.61. The summed E-state index contributed by atoms with van der Waals surface area (Å²) in [6.07, 6.45) is 1.68. The lowest BCUT2D eigenvalue weighted by atomic mass is 10.2. The molecule has 3 aromatic carbocycles. The van der Waals surface area contributed by atoms with Crippen molar-refractivity contribution in [3.8, 4) is 5.75 Å². The summed E-state index contributed by atoms with van der Waals surface area (Å²) in [5.41, 5.74) is 2.82. The molecule has 3 rings (SSSR count). The number of para-hydroxylation sites is 1. The van der Waals surface area contributed by atoms with E-state index in [9.17, 15) is 5.11 Å². The van der Waals surface area contributed by atoms with E-state index in [0.717, 1.165) is 15.7 Å². The summed E-state index contributed by atoms with van der Waals surface area (Å²) in [5, 5.41) is 16.5. The minimum absolute atomic E-state index is 0.203. The Morgan fingerprint density at radius 2 is 1.58 bits per heavy atom. The Labute approximate surface area is 150 Å². The van der Waals surface area contributed by atoms with E-state index < -0.39 is 0 Å². The van der Waals surface area contributed by atoms with Gasteiger partial charge in [-0.15, -0.1) is 0 Å². The fraction of sp³-hybridized carbons (Fsp3) is 0.0500. The van der Waals surface area contributed by atoms with Crippen LogP contribution in [-0.2, 0) is 6.54 Å². The summed E-state index contributed by atoms with van der Waals surface area (Å²) in [5.74, 6) is 0.203. The highest BCUT2D eigenvalue weighted by molar-refractivity contribution is 9.10. The van der Waals surface area contributed by atoms with Crippen molar-refractivity contribution in [2.24, 2.45) is 5.10 Å². The van der Waals surface area contributed by atoms with Gasteiger partial charge in [0.1, 0.15) is 5.75 Å². The van der Waals surface area contributed by atoms with Crippen LogP contribution >= 0.6 is 15.9 Å². The van der Waals surface area contributed by atoms with Crippen LogP contribution in [0.2, 0.25) is 0 Å². The molecule has 0 saturated carbocycles. The topological polar surface area (TPSA) is 35.8 Å². The number of phenolic OH excluding ortho intramolecular Hbond substituents is 1. The van der Waals surface area contributed by atoms with Crippen molar-refractivity contribution < 1.29 is 5.11 Å². The van der Waals surface area contributed by atoms with Gasteiger partial charge in [0.2, 0.25) is 0 Å². The largest absolute Gasteiger partial charge is 0.507 e. The molecule has 0 spiro atoms. The van der Waals surface area contributed by atoms with Crippen LogP contribution in [0.15, 0.2) is 88.4 Å². The van der Waals surface area contributed by atoms with Gasteiger partial charge in [0, 0.05) is 10.0 Å². The van der Waals surface area contributed by atoms with Crippen molar-refractivity contribution in [3.05, 3.63) is 94.5 Å². The van der Waals surface area contributed by atoms with Crippen LogP contribution in [0.5, 0.6) is 5.75 Å². The Balaban J connectivity index is 1.90. The Bertz CT molecular complexity index is 820. The first-order chi connectivity index (χ1) is 11.7. The van der Waals surface area contributed by atoms with Crippen molar-refractivity contribution in [1.29, 1.82) is 0 Å². The highest BCUT2D eigenvalue weighted by Crippen LogP contribution is 2.22. The number of aromatic hydroxyl groups is 1. The Morgan fingerprint density at radius 3 is 2.29 bits per heavy atom. The highest BCUT2D eigenvalue weighted by atomic mass is 79.9. The number of hydrogen-bond donors (Lipinski definition) is 1. The second-order valence-corrected chi connectivity index (χ2v) is 6.24. The van der Waals surface area contributed by atoms with Gasteiger partial charge in [0.25, 0.3) is 0 Å². The SMILES string of the molecule is Oc1ccc(Br)cc1/C=N\N(Cc1ccccc1)c1ccccc1. The third kappa shape index (κ3) is 4.24. The average Bonchev–Trinajstić information content (AvgIpc) is 2.63. The summed E-state index contributed by atoms with van der Waals surface area (Å²) >= 11 is 3.42. The molecule has 0 aromatic heterocycles. The van der Waals surface area contributed by atoms with Crippen LogP contribution in [0.4, 0.5) is 5.69 Å². The number of hydrazone groups is 1. The van der Waals surface area contributed by atoms with Crippen molar-refractivity contribution in [2.45, 2.75) is 6.54 Å². The Morgan fingerprint density at radius 1 is 0.917 bits per heavy atom. The normalized spacial score (nSPS) is 10.9. The molecule has 0 bridgehead atoms. The van der Waals surface area contributed by atoms with Crippen molar-refractivity contribution >= 4 is 27.8 Å². The van der Waals surface area contributed by atoms with Gasteiger partial charge in [-0.05, 0) is 35.9 Å². The Kier molecular flexibility index (Phi) is 5.29. The van der Waals surface area contributed by atoms with Crippen LogP contribution in [0.25, 0.3) is 0 Å². The van der Waals surface area contributed by atoms with Gasteiger partial charge < -0.3 is 5.11 Å².